The number of hydrogen-bond donors (Lipinski definition) is 3. The van der Waals surface area contributed by atoms with Gasteiger partial charge in [-0.25, -0.2) is 0 Å². The first kappa shape index (κ1) is 18.3. The average Bonchev–Trinajstić information content (AvgIpc) is 2.50. The summed E-state index contributed by atoms with van der Waals surface area (Å²) in [6, 6.07) is 10.2. The second-order valence-electron chi connectivity index (χ2n) is 6.20. The third kappa shape index (κ3) is 4.49. The first-order chi connectivity index (χ1) is 11.3. The molecule has 0 bridgehead atoms. The maximum atomic E-state index is 12.2. The summed E-state index contributed by atoms with van der Waals surface area (Å²) in [5, 5.41) is 23.5. The molecule has 1 atom stereocenters. The van der Waals surface area contributed by atoms with Crippen molar-refractivity contribution in [2.24, 2.45) is 0 Å². The van der Waals surface area contributed by atoms with Gasteiger partial charge in [0.15, 0.2) is 0 Å². The van der Waals surface area contributed by atoms with E-state index in [9.17, 15) is 15.0 Å². The number of aromatic hydroxyl groups is 1. The minimum Gasteiger partial charge on any atom is -0.508 e. The zero-order valence-electron chi connectivity index (χ0n) is 14.0. The van der Waals surface area contributed by atoms with Gasteiger partial charge in [-0.15, -0.1) is 0 Å². The molecule has 0 aliphatic carbocycles. The van der Waals surface area contributed by atoms with Crippen molar-refractivity contribution >= 4 is 23.2 Å². The molecule has 2 aromatic carbocycles. The molecule has 0 heterocycles. The summed E-state index contributed by atoms with van der Waals surface area (Å²) in [7, 11) is 0. The van der Waals surface area contributed by atoms with E-state index in [1.54, 1.807) is 36.4 Å². The molecule has 2 rings (SSSR count). The van der Waals surface area contributed by atoms with Crippen LogP contribution >= 0.6 is 11.6 Å². The van der Waals surface area contributed by atoms with E-state index < -0.39 is 6.10 Å². The Morgan fingerprint density at radius 1 is 1.21 bits per heavy atom. The van der Waals surface area contributed by atoms with Gasteiger partial charge < -0.3 is 15.5 Å². The van der Waals surface area contributed by atoms with Crippen molar-refractivity contribution in [2.45, 2.75) is 39.2 Å². The maximum absolute atomic E-state index is 12.2. The number of nitrogens with one attached hydrogen (secondary N) is 1. The highest BCUT2D eigenvalue weighted by Crippen LogP contribution is 2.31. The van der Waals surface area contributed by atoms with Gasteiger partial charge in [0.05, 0.1) is 12.5 Å². The fourth-order valence-corrected chi connectivity index (χ4v) is 2.61. The lowest BCUT2D eigenvalue weighted by atomic mass is 9.99. The number of phenols is 1. The molecule has 1 unspecified atom stereocenters. The second kappa shape index (κ2) is 7.69. The standard InChI is InChI=1S/C19H22ClNO3/c1-11(2)15-9-16(12(3)8-18(15)23)21-19(24)10-17(22)13-4-6-14(20)7-5-13/h4-9,11,17,22-23H,10H2,1-3H3,(H,21,24). The number of hydrogen-bond acceptors (Lipinski definition) is 3. The summed E-state index contributed by atoms with van der Waals surface area (Å²) in [5.41, 5.74) is 2.82. The van der Waals surface area contributed by atoms with Crippen LogP contribution in [-0.4, -0.2) is 16.1 Å². The minimum absolute atomic E-state index is 0.0566. The third-order valence-electron chi connectivity index (χ3n) is 3.90. The van der Waals surface area contributed by atoms with Crippen LogP contribution in [0.5, 0.6) is 5.75 Å². The average molecular weight is 348 g/mol. The van der Waals surface area contributed by atoms with Crippen LogP contribution in [-0.2, 0) is 4.79 Å². The quantitative estimate of drug-likeness (QED) is 0.695. The molecule has 0 aliphatic heterocycles. The fourth-order valence-electron chi connectivity index (χ4n) is 2.49. The van der Waals surface area contributed by atoms with Crippen LogP contribution in [0.1, 0.15) is 49.0 Å². The van der Waals surface area contributed by atoms with Crippen LogP contribution in [0.4, 0.5) is 5.69 Å². The number of aryl methyl sites for hydroxylation is 1. The van der Waals surface area contributed by atoms with E-state index in [1.165, 1.54) is 0 Å². The lowest BCUT2D eigenvalue weighted by Crippen LogP contribution is -2.16. The van der Waals surface area contributed by atoms with Crippen LogP contribution in [0, 0.1) is 6.92 Å². The lowest BCUT2D eigenvalue weighted by Gasteiger charge is -2.16. The number of benzene rings is 2. The highest BCUT2D eigenvalue weighted by molar-refractivity contribution is 6.30. The molecule has 24 heavy (non-hydrogen) atoms. The fraction of sp³-hybridized carbons (Fsp3) is 0.316. The molecule has 0 saturated heterocycles. The van der Waals surface area contributed by atoms with Crippen molar-refractivity contribution in [3.63, 3.8) is 0 Å². The van der Waals surface area contributed by atoms with Crippen molar-refractivity contribution in [1.82, 2.24) is 0 Å². The van der Waals surface area contributed by atoms with Gasteiger partial charge in [0, 0.05) is 10.7 Å². The lowest BCUT2D eigenvalue weighted by molar-refractivity contribution is -0.118. The third-order valence-corrected chi connectivity index (χ3v) is 4.16. The molecule has 2 aromatic rings. The minimum atomic E-state index is -0.899. The summed E-state index contributed by atoms with van der Waals surface area (Å²) >= 11 is 5.82. The van der Waals surface area contributed by atoms with E-state index in [0.29, 0.717) is 16.3 Å². The summed E-state index contributed by atoms with van der Waals surface area (Å²) in [6.07, 6.45) is -0.955. The summed E-state index contributed by atoms with van der Waals surface area (Å²) in [5.74, 6) is 0.0727. The van der Waals surface area contributed by atoms with E-state index in [2.05, 4.69) is 5.32 Å². The molecule has 0 radical (unpaired) electrons. The molecular weight excluding hydrogens is 326 g/mol. The van der Waals surface area contributed by atoms with Crippen molar-refractivity contribution in [3.8, 4) is 5.75 Å². The number of phenolic OH excluding ortho intramolecular Hbond substituents is 1. The van der Waals surface area contributed by atoms with Crippen LogP contribution in [0.25, 0.3) is 0 Å². The zero-order valence-corrected chi connectivity index (χ0v) is 14.8. The smallest absolute Gasteiger partial charge is 0.227 e. The summed E-state index contributed by atoms with van der Waals surface area (Å²) < 4.78 is 0. The van der Waals surface area contributed by atoms with Gasteiger partial charge in [-0.2, -0.15) is 0 Å². The highest BCUT2D eigenvalue weighted by atomic mass is 35.5. The van der Waals surface area contributed by atoms with Crippen LogP contribution in [0.3, 0.4) is 0 Å². The monoisotopic (exact) mass is 347 g/mol. The Hall–Kier alpha value is -2.04. The Bertz CT molecular complexity index is 726. The van der Waals surface area contributed by atoms with Gasteiger partial charge in [-0.3, -0.25) is 4.79 Å². The Morgan fingerprint density at radius 2 is 1.83 bits per heavy atom. The molecular formula is C19H22ClNO3. The van der Waals surface area contributed by atoms with Gasteiger partial charge in [0.1, 0.15) is 5.75 Å². The first-order valence-electron chi connectivity index (χ1n) is 7.84. The van der Waals surface area contributed by atoms with E-state index in [0.717, 1.165) is 11.1 Å². The number of aliphatic hydroxyl groups excluding tert-OH is 1. The normalized spacial score (nSPS) is 12.2. The predicted octanol–water partition coefficient (Wildman–Crippen LogP) is 4.54. The number of amides is 1. The van der Waals surface area contributed by atoms with Crippen molar-refractivity contribution in [2.75, 3.05) is 5.32 Å². The van der Waals surface area contributed by atoms with E-state index in [-0.39, 0.29) is 24.0 Å². The molecule has 128 valence electrons. The summed E-state index contributed by atoms with van der Waals surface area (Å²) in [4.78, 5) is 12.2. The maximum Gasteiger partial charge on any atom is 0.227 e. The molecule has 1 amide bonds. The topological polar surface area (TPSA) is 69.6 Å². The number of aliphatic hydroxyl groups is 1. The molecule has 0 spiro atoms. The Morgan fingerprint density at radius 3 is 2.42 bits per heavy atom. The van der Waals surface area contributed by atoms with E-state index in [1.807, 2.05) is 20.8 Å². The molecule has 0 aromatic heterocycles. The van der Waals surface area contributed by atoms with Crippen LogP contribution in [0.15, 0.2) is 36.4 Å². The second-order valence-corrected chi connectivity index (χ2v) is 6.64. The van der Waals surface area contributed by atoms with Gasteiger partial charge in [0.2, 0.25) is 5.91 Å². The number of halogens is 1. The highest BCUT2D eigenvalue weighted by Gasteiger charge is 2.16. The number of carbonyl (C=O) groups is 1. The Balaban J connectivity index is 2.09. The van der Waals surface area contributed by atoms with Gasteiger partial charge >= 0.3 is 0 Å². The Labute approximate surface area is 147 Å². The van der Waals surface area contributed by atoms with E-state index in [4.69, 9.17) is 11.6 Å². The van der Waals surface area contributed by atoms with Gasteiger partial charge in [-0.05, 0) is 53.8 Å². The summed E-state index contributed by atoms with van der Waals surface area (Å²) in [6.45, 7) is 5.76. The van der Waals surface area contributed by atoms with Crippen LogP contribution in [0.2, 0.25) is 5.02 Å². The predicted molar refractivity (Wildman–Crippen MR) is 96.6 cm³/mol. The first-order valence-corrected chi connectivity index (χ1v) is 8.22. The number of carbonyl (C=O) groups excluding carboxylic acids is 1. The molecule has 0 saturated carbocycles. The van der Waals surface area contributed by atoms with Crippen molar-refractivity contribution in [1.29, 1.82) is 0 Å². The molecule has 3 N–H and O–H groups in total. The molecule has 4 nitrogen and oxygen atoms in total. The number of anilines is 1. The van der Waals surface area contributed by atoms with Crippen LogP contribution < -0.4 is 5.32 Å². The molecule has 0 fully saturated rings. The van der Waals surface area contributed by atoms with Crippen molar-refractivity contribution in [3.05, 3.63) is 58.1 Å². The van der Waals surface area contributed by atoms with E-state index >= 15 is 0 Å². The van der Waals surface area contributed by atoms with Gasteiger partial charge in [-0.1, -0.05) is 37.6 Å². The Kier molecular flexibility index (Phi) is 5.86. The SMILES string of the molecule is Cc1cc(O)c(C(C)C)cc1NC(=O)CC(O)c1ccc(Cl)cc1. The zero-order chi connectivity index (χ0) is 17.9. The van der Waals surface area contributed by atoms with Crippen molar-refractivity contribution < 1.29 is 15.0 Å². The van der Waals surface area contributed by atoms with Gasteiger partial charge in [0.25, 0.3) is 0 Å². The number of rotatable bonds is 5. The molecule has 0 aliphatic rings. The molecule has 5 heteroatoms. The largest absolute Gasteiger partial charge is 0.508 e.